The molecule has 2 aliphatic rings. The molecule has 4 rings (SSSR count). The summed E-state index contributed by atoms with van der Waals surface area (Å²) in [5.74, 6) is 0.374. The Balaban J connectivity index is 0.000000339. The number of rotatable bonds is 4. The number of amides is 1. The van der Waals surface area contributed by atoms with Gasteiger partial charge in [0.25, 0.3) is 0 Å². The van der Waals surface area contributed by atoms with E-state index in [1.807, 2.05) is 31.2 Å². The van der Waals surface area contributed by atoms with Crippen LogP contribution < -0.4 is 10.6 Å². The normalized spacial score (nSPS) is 22.4. The molecule has 1 saturated carbocycles. The number of aliphatic carboxylic acids is 1. The lowest BCUT2D eigenvalue weighted by Gasteiger charge is -2.20. The number of nitrogens with zero attached hydrogens (tertiary/aromatic N) is 2. The summed E-state index contributed by atoms with van der Waals surface area (Å²) in [6.07, 6.45) is -2.21. The number of carboxylic acid groups (broad SMARTS) is 1. The molecule has 1 aromatic carbocycles. The maximum atomic E-state index is 11.4. The molecule has 1 saturated heterocycles. The Kier molecular flexibility index (Phi) is 6.94. The Morgan fingerprint density at radius 2 is 1.90 bits per heavy atom. The molecule has 3 atom stereocenters. The first kappa shape index (κ1) is 22.7. The van der Waals surface area contributed by atoms with Gasteiger partial charge in [-0.05, 0) is 62.0 Å². The molecule has 1 aliphatic heterocycles. The molecule has 2 bridgehead atoms. The molecule has 1 aromatic heterocycles. The van der Waals surface area contributed by atoms with Crippen molar-refractivity contribution in [3.63, 3.8) is 0 Å². The van der Waals surface area contributed by atoms with Crippen LogP contribution in [-0.2, 0) is 9.59 Å². The maximum Gasteiger partial charge on any atom is 0.490 e. The third-order valence-corrected chi connectivity index (χ3v) is 5.38. The van der Waals surface area contributed by atoms with Crippen molar-refractivity contribution in [1.82, 2.24) is 15.5 Å². The van der Waals surface area contributed by atoms with Gasteiger partial charge in [0.05, 0.1) is 0 Å². The number of carbonyl (C=O) groups excluding carboxylic acids is 1. The molecule has 1 aliphatic carbocycles. The van der Waals surface area contributed by atoms with Gasteiger partial charge in [-0.15, -0.1) is 0 Å². The second-order valence-corrected chi connectivity index (χ2v) is 7.60. The predicted molar refractivity (Wildman–Crippen MR) is 104 cm³/mol. The summed E-state index contributed by atoms with van der Waals surface area (Å²) in [6.45, 7) is 3.99. The molecule has 11 heteroatoms. The Morgan fingerprint density at radius 3 is 2.48 bits per heavy atom. The summed E-state index contributed by atoms with van der Waals surface area (Å²) in [5.41, 5.74) is 1.68. The number of carbonyl (C=O) groups is 2. The van der Waals surface area contributed by atoms with Gasteiger partial charge in [-0.2, -0.15) is 18.2 Å². The van der Waals surface area contributed by atoms with E-state index in [1.54, 1.807) is 0 Å². The zero-order valence-electron chi connectivity index (χ0n) is 16.8. The number of halogens is 3. The minimum absolute atomic E-state index is 0.00515. The standard InChI is InChI=1S/C18H22N4O2.C2HF3O2/c1-2-16(23)20-14-5-3-12(4-6-14)17-21-18(24-22-17)15-8-11-7-13(15)10-19-9-11;3-2(4,5)1(6)7/h3-6,11,13,15,19H,2,7-10H2,1H3,(H,20,23);(H,6,7). The fourth-order valence-corrected chi connectivity index (χ4v) is 3.86. The third kappa shape index (κ3) is 5.81. The van der Waals surface area contributed by atoms with Gasteiger partial charge in [0.15, 0.2) is 0 Å². The summed E-state index contributed by atoms with van der Waals surface area (Å²) in [4.78, 5) is 25.0. The van der Waals surface area contributed by atoms with Crippen molar-refractivity contribution in [1.29, 1.82) is 0 Å². The number of anilines is 1. The highest BCUT2D eigenvalue weighted by molar-refractivity contribution is 5.90. The summed E-state index contributed by atoms with van der Waals surface area (Å²) in [5, 5.41) is 17.6. The van der Waals surface area contributed by atoms with E-state index in [9.17, 15) is 18.0 Å². The number of nitrogens with one attached hydrogen (secondary N) is 2. The van der Waals surface area contributed by atoms with Crippen molar-refractivity contribution in [2.45, 2.75) is 38.3 Å². The summed E-state index contributed by atoms with van der Waals surface area (Å²) in [6, 6.07) is 7.56. The van der Waals surface area contributed by atoms with E-state index < -0.39 is 12.1 Å². The van der Waals surface area contributed by atoms with Crippen molar-refractivity contribution < 1.29 is 32.4 Å². The summed E-state index contributed by atoms with van der Waals surface area (Å²) < 4.78 is 37.3. The van der Waals surface area contributed by atoms with Gasteiger partial charge >= 0.3 is 12.1 Å². The van der Waals surface area contributed by atoms with E-state index in [0.29, 0.717) is 24.1 Å². The molecule has 3 N–H and O–H groups in total. The fourth-order valence-electron chi connectivity index (χ4n) is 3.86. The van der Waals surface area contributed by atoms with Gasteiger partial charge in [-0.3, -0.25) is 4.79 Å². The van der Waals surface area contributed by atoms with Crippen LogP contribution in [0.25, 0.3) is 11.4 Å². The van der Waals surface area contributed by atoms with Crippen molar-refractivity contribution in [3.05, 3.63) is 30.2 Å². The van der Waals surface area contributed by atoms with Crippen LogP contribution >= 0.6 is 0 Å². The summed E-state index contributed by atoms with van der Waals surface area (Å²) in [7, 11) is 0. The largest absolute Gasteiger partial charge is 0.490 e. The number of alkyl halides is 3. The van der Waals surface area contributed by atoms with Crippen LogP contribution in [-0.4, -0.2) is 46.4 Å². The number of fused-ring (bicyclic) bond motifs is 2. The number of hydrogen-bond acceptors (Lipinski definition) is 6. The van der Waals surface area contributed by atoms with Gasteiger partial charge < -0.3 is 20.3 Å². The molecular formula is C20H23F3N4O4. The molecule has 2 aromatic rings. The van der Waals surface area contributed by atoms with Crippen LogP contribution in [0.15, 0.2) is 28.8 Å². The lowest BCUT2D eigenvalue weighted by atomic mass is 9.95. The van der Waals surface area contributed by atoms with Gasteiger partial charge in [0.2, 0.25) is 17.6 Å². The van der Waals surface area contributed by atoms with E-state index in [2.05, 4.69) is 20.8 Å². The second-order valence-electron chi connectivity index (χ2n) is 7.60. The van der Waals surface area contributed by atoms with E-state index in [-0.39, 0.29) is 5.91 Å². The van der Waals surface area contributed by atoms with E-state index in [1.165, 1.54) is 6.42 Å². The number of piperidine rings is 1. The Hall–Kier alpha value is -2.95. The topological polar surface area (TPSA) is 117 Å². The Bertz CT molecular complexity index is 914. The van der Waals surface area contributed by atoms with Crippen LogP contribution in [0, 0.1) is 11.8 Å². The van der Waals surface area contributed by atoms with Crippen molar-refractivity contribution in [2.75, 3.05) is 18.4 Å². The quantitative estimate of drug-likeness (QED) is 0.667. The Morgan fingerprint density at radius 1 is 1.23 bits per heavy atom. The van der Waals surface area contributed by atoms with E-state index in [0.717, 1.165) is 42.6 Å². The highest BCUT2D eigenvalue weighted by atomic mass is 19.4. The van der Waals surface area contributed by atoms with Gasteiger partial charge in [-0.1, -0.05) is 12.1 Å². The third-order valence-electron chi connectivity index (χ3n) is 5.38. The molecule has 8 nitrogen and oxygen atoms in total. The zero-order chi connectivity index (χ0) is 22.6. The molecule has 0 spiro atoms. The second kappa shape index (κ2) is 9.46. The highest BCUT2D eigenvalue weighted by Gasteiger charge is 2.40. The number of hydrogen-bond donors (Lipinski definition) is 3. The summed E-state index contributed by atoms with van der Waals surface area (Å²) >= 11 is 0. The molecule has 0 radical (unpaired) electrons. The fraction of sp³-hybridized carbons (Fsp3) is 0.500. The highest BCUT2D eigenvalue weighted by Crippen LogP contribution is 2.44. The lowest BCUT2D eigenvalue weighted by Crippen LogP contribution is -2.31. The smallest absolute Gasteiger partial charge is 0.475 e. The SMILES string of the molecule is CCC(=O)Nc1ccc(-c2noc(C3CC4CNCC3C4)n2)cc1.O=C(O)C(F)(F)F. The van der Waals surface area contributed by atoms with Crippen LogP contribution in [0.2, 0.25) is 0 Å². The predicted octanol–water partition coefficient (Wildman–Crippen LogP) is 3.43. The minimum Gasteiger partial charge on any atom is -0.475 e. The van der Waals surface area contributed by atoms with Crippen LogP contribution in [0.3, 0.4) is 0 Å². The molecule has 168 valence electrons. The molecule has 2 heterocycles. The lowest BCUT2D eigenvalue weighted by molar-refractivity contribution is -0.192. The first-order valence-corrected chi connectivity index (χ1v) is 9.92. The van der Waals surface area contributed by atoms with Crippen molar-refractivity contribution >= 4 is 17.6 Å². The molecule has 3 unspecified atom stereocenters. The zero-order valence-corrected chi connectivity index (χ0v) is 16.8. The average Bonchev–Trinajstić information content (AvgIpc) is 3.32. The molecule has 31 heavy (non-hydrogen) atoms. The van der Waals surface area contributed by atoms with Crippen molar-refractivity contribution in [2.24, 2.45) is 11.8 Å². The maximum absolute atomic E-state index is 11.4. The number of carboxylic acids is 1. The van der Waals surface area contributed by atoms with E-state index >= 15 is 0 Å². The van der Waals surface area contributed by atoms with Crippen molar-refractivity contribution in [3.8, 4) is 11.4 Å². The first-order chi connectivity index (χ1) is 14.7. The van der Waals surface area contributed by atoms with Gasteiger partial charge in [0.1, 0.15) is 0 Å². The van der Waals surface area contributed by atoms with Crippen LogP contribution in [0.4, 0.5) is 18.9 Å². The minimum atomic E-state index is -5.08. The van der Waals surface area contributed by atoms with Crippen LogP contribution in [0.5, 0.6) is 0 Å². The van der Waals surface area contributed by atoms with Gasteiger partial charge in [0, 0.05) is 23.6 Å². The number of benzene rings is 1. The number of aromatic nitrogens is 2. The van der Waals surface area contributed by atoms with Crippen LogP contribution in [0.1, 0.15) is 38.0 Å². The molecule has 2 fully saturated rings. The molecular weight excluding hydrogens is 417 g/mol. The molecule has 1 amide bonds. The van der Waals surface area contributed by atoms with E-state index in [4.69, 9.17) is 14.4 Å². The monoisotopic (exact) mass is 440 g/mol. The Labute approximate surface area is 176 Å². The average molecular weight is 440 g/mol. The van der Waals surface area contributed by atoms with Gasteiger partial charge in [-0.25, -0.2) is 4.79 Å². The first-order valence-electron chi connectivity index (χ1n) is 9.92.